The zero-order chi connectivity index (χ0) is 14.4. The summed E-state index contributed by atoms with van der Waals surface area (Å²) in [6, 6.07) is 7.57. The highest BCUT2D eigenvalue weighted by Crippen LogP contribution is 2.26. The highest BCUT2D eigenvalue weighted by Gasteiger charge is 2.22. The van der Waals surface area contributed by atoms with Gasteiger partial charge in [-0.15, -0.1) is 11.8 Å². The third-order valence-corrected chi connectivity index (χ3v) is 4.81. The van der Waals surface area contributed by atoms with Crippen LogP contribution in [0.4, 0.5) is 0 Å². The number of amides is 1. The van der Waals surface area contributed by atoms with E-state index < -0.39 is 6.10 Å². The molecule has 110 valence electrons. The van der Waals surface area contributed by atoms with E-state index in [0.717, 1.165) is 17.7 Å². The van der Waals surface area contributed by atoms with Crippen LogP contribution in [0.15, 0.2) is 29.2 Å². The summed E-state index contributed by atoms with van der Waals surface area (Å²) in [5.41, 5.74) is 0.691. The van der Waals surface area contributed by atoms with Crippen molar-refractivity contribution in [3.8, 4) is 0 Å². The van der Waals surface area contributed by atoms with Gasteiger partial charge in [0.05, 0.1) is 11.7 Å². The van der Waals surface area contributed by atoms with Crippen LogP contribution in [0, 0.1) is 5.92 Å². The van der Waals surface area contributed by atoms with Crippen LogP contribution in [0.3, 0.4) is 0 Å². The van der Waals surface area contributed by atoms with Crippen LogP contribution in [0.25, 0.3) is 0 Å². The number of nitrogens with one attached hydrogen (secondary N) is 1. The van der Waals surface area contributed by atoms with Gasteiger partial charge in [-0.3, -0.25) is 4.79 Å². The van der Waals surface area contributed by atoms with Crippen LogP contribution >= 0.6 is 11.8 Å². The van der Waals surface area contributed by atoms with Crippen molar-refractivity contribution in [2.24, 2.45) is 5.92 Å². The minimum absolute atomic E-state index is 0.0928. The molecule has 4 heteroatoms. The lowest BCUT2D eigenvalue weighted by Crippen LogP contribution is -2.37. The Balaban J connectivity index is 1.88. The number of thioether (sulfide) groups is 1. The largest absolute Gasteiger partial charge is 0.391 e. The van der Waals surface area contributed by atoms with Gasteiger partial charge in [-0.25, -0.2) is 0 Å². The molecule has 1 atom stereocenters. The number of aliphatic hydroxyl groups is 1. The summed E-state index contributed by atoms with van der Waals surface area (Å²) in [4.78, 5) is 13.1. The highest BCUT2D eigenvalue weighted by atomic mass is 32.2. The van der Waals surface area contributed by atoms with E-state index in [0.29, 0.717) is 18.0 Å². The normalized spacial score (nSPS) is 17.7. The van der Waals surface area contributed by atoms with Gasteiger partial charge in [-0.1, -0.05) is 31.4 Å². The molecule has 1 aromatic carbocycles. The lowest BCUT2D eigenvalue weighted by Gasteiger charge is -2.26. The monoisotopic (exact) mass is 293 g/mol. The molecule has 0 bridgehead atoms. The Morgan fingerprint density at radius 1 is 1.35 bits per heavy atom. The van der Waals surface area contributed by atoms with Gasteiger partial charge in [0.15, 0.2) is 0 Å². The van der Waals surface area contributed by atoms with Crippen molar-refractivity contribution in [2.45, 2.75) is 43.1 Å². The first kappa shape index (κ1) is 15.4. The lowest BCUT2D eigenvalue weighted by molar-refractivity contribution is 0.0737. The molecule has 0 spiro atoms. The van der Waals surface area contributed by atoms with Crippen LogP contribution in [0.5, 0.6) is 0 Å². The molecular weight excluding hydrogens is 270 g/mol. The molecule has 0 radical (unpaired) electrons. The summed E-state index contributed by atoms with van der Waals surface area (Å²) >= 11 is 1.56. The maximum Gasteiger partial charge on any atom is 0.252 e. The van der Waals surface area contributed by atoms with Crippen LogP contribution in [0.1, 0.15) is 42.5 Å². The summed E-state index contributed by atoms with van der Waals surface area (Å²) in [6.07, 6.45) is 7.38. The van der Waals surface area contributed by atoms with Gasteiger partial charge in [0.2, 0.25) is 0 Å². The molecule has 1 aliphatic rings. The van der Waals surface area contributed by atoms with E-state index >= 15 is 0 Å². The number of aliphatic hydroxyl groups excluding tert-OH is 1. The number of benzene rings is 1. The lowest BCUT2D eigenvalue weighted by atomic mass is 9.85. The Kier molecular flexibility index (Phi) is 5.92. The predicted molar refractivity (Wildman–Crippen MR) is 83.1 cm³/mol. The van der Waals surface area contributed by atoms with E-state index in [1.165, 1.54) is 19.3 Å². The van der Waals surface area contributed by atoms with Crippen molar-refractivity contribution in [2.75, 3.05) is 12.8 Å². The molecule has 0 saturated heterocycles. The van der Waals surface area contributed by atoms with Crippen molar-refractivity contribution in [1.29, 1.82) is 0 Å². The van der Waals surface area contributed by atoms with E-state index in [9.17, 15) is 9.90 Å². The van der Waals surface area contributed by atoms with Crippen LogP contribution in [0.2, 0.25) is 0 Å². The van der Waals surface area contributed by atoms with Crippen molar-refractivity contribution < 1.29 is 9.90 Å². The second-order valence-electron chi connectivity index (χ2n) is 5.38. The molecule has 3 nitrogen and oxygen atoms in total. The Morgan fingerprint density at radius 3 is 2.75 bits per heavy atom. The Labute approximate surface area is 125 Å². The van der Waals surface area contributed by atoms with Crippen molar-refractivity contribution in [3.63, 3.8) is 0 Å². The summed E-state index contributed by atoms with van der Waals surface area (Å²) < 4.78 is 0. The van der Waals surface area contributed by atoms with E-state index in [4.69, 9.17) is 0 Å². The number of carbonyl (C=O) groups excluding carboxylic acids is 1. The topological polar surface area (TPSA) is 49.3 Å². The van der Waals surface area contributed by atoms with Crippen molar-refractivity contribution in [3.05, 3.63) is 29.8 Å². The summed E-state index contributed by atoms with van der Waals surface area (Å²) in [6.45, 7) is 0.353. The minimum atomic E-state index is -0.416. The van der Waals surface area contributed by atoms with Gasteiger partial charge in [0.25, 0.3) is 5.91 Å². The van der Waals surface area contributed by atoms with E-state index in [1.807, 2.05) is 30.5 Å². The fourth-order valence-electron chi connectivity index (χ4n) is 2.81. The second-order valence-corrected chi connectivity index (χ2v) is 6.22. The van der Waals surface area contributed by atoms with Crippen LogP contribution < -0.4 is 5.32 Å². The number of rotatable bonds is 5. The number of hydrogen-bond donors (Lipinski definition) is 2. The third kappa shape index (κ3) is 4.00. The highest BCUT2D eigenvalue weighted by molar-refractivity contribution is 7.98. The molecule has 0 unspecified atom stereocenters. The molecule has 0 heterocycles. The Bertz CT molecular complexity index is 444. The van der Waals surface area contributed by atoms with E-state index in [2.05, 4.69) is 5.32 Å². The standard InChI is InChI=1S/C16H23NO2S/c1-20-15-10-6-5-9-13(15)16(19)17-11-14(18)12-7-3-2-4-8-12/h5-6,9-10,12,14,18H,2-4,7-8,11H2,1H3,(H,17,19)/t14-/m0/s1. The Morgan fingerprint density at radius 2 is 2.05 bits per heavy atom. The van der Waals surface area contributed by atoms with Gasteiger partial charge in [0, 0.05) is 11.4 Å². The maximum absolute atomic E-state index is 12.2. The molecule has 1 fully saturated rings. The van der Waals surface area contributed by atoms with Gasteiger partial charge in [-0.2, -0.15) is 0 Å². The van der Waals surface area contributed by atoms with Gasteiger partial charge in [-0.05, 0) is 37.1 Å². The first-order chi connectivity index (χ1) is 9.72. The quantitative estimate of drug-likeness (QED) is 0.820. The third-order valence-electron chi connectivity index (χ3n) is 4.02. The fourth-order valence-corrected chi connectivity index (χ4v) is 3.41. The average molecular weight is 293 g/mol. The molecule has 1 amide bonds. The fraction of sp³-hybridized carbons (Fsp3) is 0.562. The molecular formula is C16H23NO2S. The molecule has 1 aromatic rings. The Hall–Kier alpha value is -1.00. The summed E-state index contributed by atoms with van der Waals surface area (Å²) in [5.74, 6) is 0.254. The predicted octanol–water partition coefficient (Wildman–Crippen LogP) is 3.08. The average Bonchev–Trinajstić information content (AvgIpc) is 2.53. The van der Waals surface area contributed by atoms with E-state index in [-0.39, 0.29) is 5.91 Å². The molecule has 2 rings (SSSR count). The minimum Gasteiger partial charge on any atom is -0.391 e. The zero-order valence-electron chi connectivity index (χ0n) is 12.0. The van der Waals surface area contributed by atoms with Gasteiger partial charge < -0.3 is 10.4 Å². The molecule has 2 N–H and O–H groups in total. The SMILES string of the molecule is CSc1ccccc1C(=O)NC[C@H](O)C1CCCCC1. The van der Waals surface area contributed by atoms with Crippen LogP contribution in [-0.4, -0.2) is 29.9 Å². The van der Waals surface area contributed by atoms with Gasteiger partial charge in [0.1, 0.15) is 0 Å². The molecule has 1 saturated carbocycles. The van der Waals surface area contributed by atoms with Crippen molar-refractivity contribution >= 4 is 17.7 Å². The number of carbonyl (C=O) groups is 1. The number of hydrogen-bond acceptors (Lipinski definition) is 3. The smallest absolute Gasteiger partial charge is 0.252 e. The summed E-state index contributed by atoms with van der Waals surface area (Å²) in [5, 5.41) is 13.0. The van der Waals surface area contributed by atoms with Crippen LogP contribution in [-0.2, 0) is 0 Å². The molecule has 0 aliphatic heterocycles. The summed E-state index contributed by atoms with van der Waals surface area (Å²) in [7, 11) is 0. The molecule has 20 heavy (non-hydrogen) atoms. The first-order valence-corrected chi connectivity index (χ1v) is 8.54. The maximum atomic E-state index is 12.2. The zero-order valence-corrected chi connectivity index (χ0v) is 12.8. The van der Waals surface area contributed by atoms with Crippen molar-refractivity contribution in [1.82, 2.24) is 5.32 Å². The molecule has 1 aliphatic carbocycles. The second kappa shape index (κ2) is 7.70. The first-order valence-electron chi connectivity index (χ1n) is 7.31. The van der Waals surface area contributed by atoms with Gasteiger partial charge >= 0.3 is 0 Å². The van der Waals surface area contributed by atoms with E-state index in [1.54, 1.807) is 11.8 Å². The molecule has 0 aromatic heterocycles.